The van der Waals surface area contributed by atoms with Gasteiger partial charge in [-0.1, -0.05) is 23.7 Å². The molecule has 5 nitrogen and oxygen atoms in total. The molecular formula is C14H11ClN2O3S. The summed E-state index contributed by atoms with van der Waals surface area (Å²) in [5, 5.41) is 10.5. The highest BCUT2D eigenvalue weighted by Gasteiger charge is 2.16. The summed E-state index contributed by atoms with van der Waals surface area (Å²) in [6, 6.07) is 10.5. The number of aromatic amines is 1. The van der Waals surface area contributed by atoms with Gasteiger partial charge in [-0.25, -0.2) is 8.42 Å². The Morgan fingerprint density at radius 2 is 1.81 bits per heavy atom. The van der Waals surface area contributed by atoms with Crippen LogP contribution in [0.4, 0.5) is 5.69 Å². The van der Waals surface area contributed by atoms with Crippen LogP contribution in [-0.2, 0) is 10.0 Å². The van der Waals surface area contributed by atoms with Crippen molar-refractivity contribution >= 4 is 38.2 Å². The minimum Gasteiger partial charge on any atom is -0.508 e. The van der Waals surface area contributed by atoms with E-state index >= 15 is 0 Å². The molecule has 0 aliphatic rings. The van der Waals surface area contributed by atoms with Gasteiger partial charge < -0.3 is 10.1 Å². The van der Waals surface area contributed by atoms with Crippen LogP contribution in [0.5, 0.6) is 5.75 Å². The third kappa shape index (κ3) is 2.55. The quantitative estimate of drug-likeness (QED) is 0.691. The second-order valence-corrected chi connectivity index (χ2v) is 6.55. The van der Waals surface area contributed by atoms with Gasteiger partial charge in [0.15, 0.2) is 0 Å². The van der Waals surface area contributed by atoms with E-state index in [0.29, 0.717) is 16.2 Å². The van der Waals surface area contributed by atoms with E-state index in [-0.39, 0.29) is 10.6 Å². The minimum absolute atomic E-state index is 0.00667. The number of phenolic OH excluding ortho intramolecular Hbond substituents is 1. The molecule has 0 fully saturated rings. The molecule has 0 atom stereocenters. The lowest BCUT2D eigenvalue weighted by Crippen LogP contribution is -2.13. The first-order valence-corrected chi connectivity index (χ1v) is 7.91. The van der Waals surface area contributed by atoms with E-state index in [1.807, 2.05) is 0 Å². The maximum absolute atomic E-state index is 12.3. The van der Waals surface area contributed by atoms with Gasteiger partial charge in [-0.2, -0.15) is 0 Å². The predicted molar refractivity (Wildman–Crippen MR) is 82.2 cm³/mol. The van der Waals surface area contributed by atoms with Crippen LogP contribution in [0.1, 0.15) is 0 Å². The smallest absolute Gasteiger partial charge is 0.261 e. The number of hydrogen-bond donors (Lipinski definition) is 3. The minimum atomic E-state index is -3.74. The first kappa shape index (κ1) is 13.8. The van der Waals surface area contributed by atoms with Crippen LogP contribution in [0.3, 0.4) is 0 Å². The molecule has 0 saturated carbocycles. The van der Waals surface area contributed by atoms with Crippen molar-refractivity contribution in [1.29, 1.82) is 0 Å². The van der Waals surface area contributed by atoms with Gasteiger partial charge in [0.1, 0.15) is 5.75 Å². The highest BCUT2D eigenvalue weighted by atomic mass is 35.5. The number of benzene rings is 2. The summed E-state index contributed by atoms with van der Waals surface area (Å²) in [6.07, 6.45) is 1.60. The molecule has 3 rings (SSSR count). The van der Waals surface area contributed by atoms with E-state index < -0.39 is 10.0 Å². The van der Waals surface area contributed by atoms with Gasteiger partial charge in [0.05, 0.1) is 21.1 Å². The summed E-state index contributed by atoms with van der Waals surface area (Å²) in [6.45, 7) is 0. The Balaban J connectivity index is 2.03. The van der Waals surface area contributed by atoms with Gasteiger partial charge in [-0.05, 0) is 30.3 Å². The molecule has 0 amide bonds. The van der Waals surface area contributed by atoms with Crippen molar-refractivity contribution in [2.24, 2.45) is 0 Å². The van der Waals surface area contributed by atoms with E-state index in [2.05, 4.69) is 9.71 Å². The highest BCUT2D eigenvalue weighted by molar-refractivity contribution is 7.92. The lowest BCUT2D eigenvalue weighted by Gasteiger charge is -2.09. The fourth-order valence-corrected chi connectivity index (χ4v) is 3.32. The summed E-state index contributed by atoms with van der Waals surface area (Å²) < 4.78 is 27.2. The fourth-order valence-electron chi connectivity index (χ4n) is 2.03. The largest absolute Gasteiger partial charge is 0.508 e. The SMILES string of the molecule is O=S(=O)(Nc1cccc2c(Cl)c[nH]c12)c1ccc(O)cc1. The fraction of sp³-hybridized carbons (Fsp3) is 0. The number of halogens is 1. The molecule has 2 aromatic carbocycles. The van der Waals surface area contributed by atoms with Crippen molar-refractivity contribution in [1.82, 2.24) is 4.98 Å². The summed E-state index contributed by atoms with van der Waals surface area (Å²) >= 11 is 6.01. The average molecular weight is 323 g/mol. The van der Waals surface area contributed by atoms with E-state index in [4.69, 9.17) is 11.6 Å². The zero-order chi connectivity index (χ0) is 15.0. The maximum Gasteiger partial charge on any atom is 0.261 e. The number of rotatable bonds is 3. The second-order valence-electron chi connectivity index (χ2n) is 4.46. The number of para-hydroxylation sites is 1. The van der Waals surface area contributed by atoms with E-state index in [1.54, 1.807) is 24.4 Å². The highest BCUT2D eigenvalue weighted by Crippen LogP contribution is 2.29. The van der Waals surface area contributed by atoms with Crippen molar-refractivity contribution in [2.75, 3.05) is 4.72 Å². The van der Waals surface area contributed by atoms with Crippen molar-refractivity contribution < 1.29 is 13.5 Å². The van der Waals surface area contributed by atoms with Crippen molar-refractivity contribution in [3.8, 4) is 5.75 Å². The summed E-state index contributed by atoms with van der Waals surface area (Å²) in [5.41, 5.74) is 1.03. The van der Waals surface area contributed by atoms with Gasteiger partial charge in [0.2, 0.25) is 0 Å². The molecule has 3 N–H and O–H groups in total. The van der Waals surface area contributed by atoms with Gasteiger partial charge in [0.25, 0.3) is 10.0 Å². The van der Waals surface area contributed by atoms with E-state index in [9.17, 15) is 13.5 Å². The third-order valence-electron chi connectivity index (χ3n) is 3.06. The Hall–Kier alpha value is -2.18. The van der Waals surface area contributed by atoms with Gasteiger partial charge >= 0.3 is 0 Å². The van der Waals surface area contributed by atoms with Gasteiger partial charge in [-0.3, -0.25) is 4.72 Å². The van der Waals surface area contributed by atoms with E-state index in [0.717, 1.165) is 5.39 Å². The lowest BCUT2D eigenvalue weighted by atomic mass is 10.2. The Kier molecular flexibility index (Phi) is 3.27. The number of phenols is 1. The standard InChI is InChI=1S/C14H11ClN2O3S/c15-12-8-16-14-11(12)2-1-3-13(14)17-21(19,20)10-6-4-9(18)5-7-10/h1-8,16-18H. The molecule has 7 heteroatoms. The van der Waals surface area contributed by atoms with Crippen molar-refractivity contribution in [2.45, 2.75) is 4.90 Å². The molecule has 0 spiro atoms. The number of anilines is 1. The molecule has 0 unspecified atom stereocenters. The zero-order valence-corrected chi connectivity index (χ0v) is 12.2. The van der Waals surface area contributed by atoms with Crippen LogP contribution in [0, 0.1) is 0 Å². The lowest BCUT2D eigenvalue weighted by molar-refractivity contribution is 0.475. The number of sulfonamides is 1. The molecule has 0 saturated heterocycles. The van der Waals surface area contributed by atoms with Crippen LogP contribution < -0.4 is 4.72 Å². The zero-order valence-electron chi connectivity index (χ0n) is 10.7. The maximum atomic E-state index is 12.3. The average Bonchev–Trinajstić information content (AvgIpc) is 2.82. The predicted octanol–water partition coefficient (Wildman–Crippen LogP) is 3.33. The second kappa shape index (κ2) is 4.98. The molecule has 108 valence electrons. The Bertz CT molecular complexity index is 902. The van der Waals surface area contributed by atoms with Crippen LogP contribution in [0.25, 0.3) is 10.9 Å². The number of hydrogen-bond acceptors (Lipinski definition) is 3. The normalized spacial score (nSPS) is 11.7. The van der Waals surface area contributed by atoms with Crippen molar-refractivity contribution in [3.63, 3.8) is 0 Å². The summed E-state index contributed by atoms with van der Waals surface area (Å²) in [7, 11) is -3.74. The Morgan fingerprint density at radius 3 is 2.52 bits per heavy atom. The number of aromatic nitrogens is 1. The molecule has 0 radical (unpaired) electrons. The van der Waals surface area contributed by atoms with Crippen LogP contribution >= 0.6 is 11.6 Å². The number of fused-ring (bicyclic) bond motifs is 1. The molecule has 21 heavy (non-hydrogen) atoms. The van der Waals surface area contributed by atoms with E-state index in [1.165, 1.54) is 24.3 Å². The summed E-state index contributed by atoms with van der Waals surface area (Å²) in [5.74, 6) is 0.00667. The van der Waals surface area contributed by atoms with Crippen LogP contribution in [-0.4, -0.2) is 18.5 Å². The van der Waals surface area contributed by atoms with Gasteiger partial charge in [-0.15, -0.1) is 0 Å². The molecule has 0 aliphatic carbocycles. The number of H-pyrrole nitrogens is 1. The first-order valence-electron chi connectivity index (χ1n) is 6.05. The molecule has 0 bridgehead atoms. The molecule has 1 aromatic heterocycles. The summed E-state index contributed by atoms with van der Waals surface area (Å²) in [4.78, 5) is 3.01. The topological polar surface area (TPSA) is 82.2 Å². The van der Waals surface area contributed by atoms with Gasteiger partial charge in [0, 0.05) is 11.6 Å². The molecule has 3 aromatic rings. The Morgan fingerprint density at radius 1 is 1.10 bits per heavy atom. The molecule has 0 aliphatic heterocycles. The number of nitrogens with one attached hydrogen (secondary N) is 2. The number of aromatic hydroxyl groups is 1. The first-order chi connectivity index (χ1) is 9.97. The monoisotopic (exact) mass is 322 g/mol. The van der Waals surface area contributed by atoms with Crippen LogP contribution in [0.15, 0.2) is 53.6 Å². The molecule has 1 heterocycles. The molecular weight excluding hydrogens is 312 g/mol. The third-order valence-corrected chi connectivity index (χ3v) is 4.75. The van der Waals surface area contributed by atoms with Crippen molar-refractivity contribution in [3.05, 3.63) is 53.7 Å². The Labute approximate surface area is 126 Å². The van der Waals surface area contributed by atoms with Crippen LogP contribution in [0.2, 0.25) is 5.02 Å².